The van der Waals surface area contributed by atoms with E-state index in [-0.39, 0.29) is 18.4 Å². The zero-order valence-electron chi connectivity index (χ0n) is 19.3. The molecule has 0 saturated heterocycles. The van der Waals surface area contributed by atoms with Gasteiger partial charge < -0.3 is 9.64 Å². The summed E-state index contributed by atoms with van der Waals surface area (Å²) in [6.07, 6.45) is 14.6. The summed E-state index contributed by atoms with van der Waals surface area (Å²) in [6.45, 7) is 1.38. The molecule has 176 valence electrons. The maximum Gasteiger partial charge on any atom is 0.261 e. The van der Waals surface area contributed by atoms with E-state index in [0.29, 0.717) is 35.5 Å². The fourth-order valence-electron chi connectivity index (χ4n) is 4.84. The largest absolute Gasteiger partial charge is 0.485 e. The van der Waals surface area contributed by atoms with Crippen LogP contribution in [0, 0.1) is 12.3 Å². The molecule has 0 atom stereocenters. The average Bonchev–Trinajstić information content (AvgIpc) is 3.02. The van der Waals surface area contributed by atoms with Crippen molar-refractivity contribution in [3.8, 4) is 12.3 Å². The summed E-state index contributed by atoms with van der Waals surface area (Å²) < 4.78 is 5.69. The summed E-state index contributed by atoms with van der Waals surface area (Å²) >= 11 is 6.38. The van der Waals surface area contributed by atoms with Crippen molar-refractivity contribution in [3.63, 3.8) is 0 Å². The van der Waals surface area contributed by atoms with Gasteiger partial charge in [0.25, 0.3) is 11.8 Å². The molecule has 2 amide bonds. The second-order valence-electron chi connectivity index (χ2n) is 8.73. The fourth-order valence-corrected chi connectivity index (χ4v) is 5.00. The first-order valence-corrected chi connectivity index (χ1v) is 12.1. The number of allylic oxidation sites excluding steroid dienone is 5. The zero-order valence-corrected chi connectivity index (χ0v) is 20.1. The highest BCUT2D eigenvalue weighted by Gasteiger charge is 2.34. The van der Waals surface area contributed by atoms with E-state index in [9.17, 15) is 9.59 Å². The van der Waals surface area contributed by atoms with E-state index >= 15 is 0 Å². The third kappa shape index (κ3) is 4.50. The van der Waals surface area contributed by atoms with E-state index in [4.69, 9.17) is 22.8 Å². The number of hydrogen-bond donors (Lipinski definition) is 0. The Bertz CT molecular complexity index is 1300. The molecule has 3 aliphatic rings. The van der Waals surface area contributed by atoms with Gasteiger partial charge in [0.2, 0.25) is 0 Å². The minimum Gasteiger partial charge on any atom is -0.485 e. The van der Waals surface area contributed by atoms with Crippen molar-refractivity contribution in [1.82, 2.24) is 4.90 Å². The van der Waals surface area contributed by atoms with Crippen LogP contribution >= 0.6 is 11.6 Å². The van der Waals surface area contributed by atoms with Crippen molar-refractivity contribution < 1.29 is 14.3 Å². The number of ether oxygens (including phenoxy) is 1. The molecule has 2 heterocycles. The van der Waals surface area contributed by atoms with Gasteiger partial charge in [-0.25, -0.2) is 0 Å². The van der Waals surface area contributed by atoms with Crippen molar-refractivity contribution in [3.05, 3.63) is 99.4 Å². The molecule has 2 aromatic carbocycles. The van der Waals surface area contributed by atoms with Crippen LogP contribution in [0.5, 0.6) is 0 Å². The average molecular weight is 485 g/mol. The molecule has 0 fully saturated rings. The quantitative estimate of drug-likeness (QED) is 0.295. The number of fused-ring (bicyclic) bond motifs is 3. The van der Waals surface area contributed by atoms with Crippen LogP contribution in [0.25, 0.3) is 0 Å². The standard InChI is InChI=1S/C29H25ClN2O3/c1-2-17-35-23-13-14-26-21(18-23)10-9-20-11-12-22(30)19-27(20)31(26)15-5-6-16-32-28(33)24-7-3-4-8-25(24)29(32)34/h1,3-4,7-8,10-14,19H,5-6,9,15-18H2. The van der Waals surface area contributed by atoms with Crippen molar-refractivity contribution in [2.24, 2.45) is 0 Å². The van der Waals surface area contributed by atoms with Crippen LogP contribution in [0.15, 0.2) is 77.7 Å². The van der Waals surface area contributed by atoms with Gasteiger partial charge >= 0.3 is 0 Å². The normalized spacial score (nSPS) is 16.4. The second-order valence-corrected chi connectivity index (χ2v) is 9.16. The Morgan fingerprint density at radius 1 is 0.971 bits per heavy atom. The molecule has 1 aliphatic carbocycles. The van der Waals surface area contributed by atoms with Crippen molar-refractivity contribution >= 4 is 29.1 Å². The van der Waals surface area contributed by atoms with Crippen molar-refractivity contribution in [1.29, 1.82) is 0 Å². The SMILES string of the molecule is C#CCOC1=CC=C2C(=CCc3ccc(Cl)cc3N2CCCCN2C(=O)c3ccccc3C2=O)C1. The molecule has 0 unspecified atom stereocenters. The molecule has 5 rings (SSSR count). The minimum absolute atomic E-state index is 0.206. The molecule has 0 saturated carbocycles. The predicted molar refractivity (Wildman–Crippen MR) is 137 cm³/mol. The zero-order chi connectivity index (χ0) is 24.4. The van der Waals surface area contributed by atoms with E-state index in [1.165, 1.54) is 16.0 Å². The number of carbonyl (C=O) groups is 2. The lowest BCUT2D eigenvalue weighted by molar-refractivity contribution is 0.0652. The molecule has 0 aromatic heterocycles. The molecule has 0 N–H and O–H groups in total. The molecule has 2 aliphatic heterocycles. The third-order valence-electron chi connectivity index (χ3n) is 6.55. The van der Waals surface area contributed by atoms with Crippen LogP contribution in [0.1, 0.15) is 45.5 Å². The van der Waals surface area contributed by atoms with Crippen molar-refractivity contribution in [2.75, 3.05) is 24.6 Å². The number of halogens is 1. The summed E-state index contributed by atoms with van der Waals surface area (Å²) in [4.78, 5) is 29.0. The number of unbranched alkanes of at least 4 members (excludes halogenated alkanes) is 1. The maximum absolute atomic E-state index is 12.7. The van der Waals surface area contributed by atoms with Gasteiger partial charge in [-0.1, -0.05) is 41.8 Å². The number of anilines is 1. The Balaban J connectivity index is 1.32. The second kappa shape index (κ2) is 9.85. The van der Waals surface area contributed by atoms with Gasteiger partial charge in [-0.05, 0) is 66.8 Å². The molecular weight excluding hydrogens is 460 g/mol. The van der Waals surface area contributed by atoms with E-state index in [2.05, 4.69) is 29.0 Å². The Labute approximate surface area is 210 Å². The molecule has 35 heavy (non-hydrogen) atoms. The molecule has 6 heteroatoms. The number of amides is 2. The predicted octanol–water partition coefficient (Wildman–Crippen LogP) is 5.53. The van der Waals surface area contributed by atoms with Gasteiger partial charge in [0.1, 0.15) is 12.4 Å². The van der Waals surface area contributed by atoms with Crippen LogP contribution in [0.3, 0.4) is 0 Å². The van der Waals surface area contributed by atoms with Gasteiger partial charge in [0, 0.05) is 35.9 Å². The molecular formula is C29H25ClN2O3. The molecule has 0 radical (unpaired) electrons. The van der Waals surface area contributed by atoms with Crippen LogP contribution in [0.2, 0.25) is 5.02 Å². The maximum atomic E-state index is 12.7. The number of rotatable bonds is 7. The highest BCUT2D eigenvalue weighted by Crippen LogP contribution is 2.38. The number of terminal acetylenes is 1. The van der Waals surface area contributed by atoms with E-state index in [0.717, 1.165) is 36.5 Å². The highest BCUT2D eigenvalue weighted by atomic mass is 35.5. The fraction of sp³-hybridized carbons (Fsp3) is 0.241. The monoisotopic (exact) mass is 484 g/mol. The Hall–Kier alpha value is -3.75. The van der Waals surface area contributed by atoms with Crippen LogP contribution < -0.4 is 4.90 Å². The molecule has 0 bridgehead atoms. The van der Waals surface area contributed by atoms with Gasteiger partial charge in [-0.2, -0.15) is 0 Å². The topological polar surface area (TPSA) is 49.9 Å². The number of benzene rings is 2. The highest BCUT2D eigenvalue weighted by molar-refractivity contribution is 6.30. The summed E-state index contributed by atoms with van der Waals surface area (Å²) in [5.74, 6) is 2.96. The first-order valence-electron chi connectivity index (χ1n) is 11.7. The number of carbonyl (C=O) groups excluding carboxylic acids is 2. The lowest BCUT2D eigenvalue weighted by atomic mass is 10.0. The van der Waals surface area contributed by atoms with Crippen LogP contribution in [-0.2, 0) is 11.2 Å². The van der Waals surface area contributed by atoms with Gasteiger partial charge in [0.15, 0.2) is 0 Å². The lowest BCUT2D eigenvalue weighted by Gasteiger charge is -2.31. The van der Waals surface area contributed by atoms with Crippen LogP contribution in [-0.4, -0.2) is 36.4 Å². The number of nitrogens with zero attached hydrogens (tertiary/aromatic N) is 2. The Morgan fingerprint density at radius 2 is 1.69 bits per heavy atom. The van der Waals surface area contributed by atoms with E-state index in [1.807, 2.05) is 18.2 Å². The number of hydrogen-bond acceptors (Lipinski definition) is 4. The molecule has 2 aromatic rings. The summed E-state index contributed by atoms with van der Waals surface area (Å²) in [5.41, 5.74) is 5.56. The minimum atomic E-state index is -0.206. The first-order chi connectivity index (χ1) is 17.1. The van der Waals surface area contributed by atoms with E-state index < -0.39 is 0 Å². The van der Waals surface area contributed by atoms with E-state index in [1.54, 1.807) is 24.3 Å². The lowest BCUT2D eigenvalue weighted by Crippen LogP contribution is -2.32. The van der Waals surface area contributed by atoms with Gasteiger partial charge in [0.05, 0.1) is 11.1 Å². The number of imide groups is 1. The molecule has 0 spiro atoms. The first kappa shape index (κ1) is 23.0. The van der Waals surface area contributed by atoms with Crippen molar-refractivity contribution in [2.45, 2.75) is 25.7 Å². The Morgan fingerprint density at radius 3 is 2.40 bits per heavy atom. The van der Waals surface area contributed by atoms with Gasteiger partial charge in [-0.15, -0.1) is 6.42 Å². The Kier molecular flexibility index (Phi) is 6.48. The summed E-state index contributed by atoms with van der Waals surface area (Å²) in [7, 11) is 0. The summed E-state index contributed by atoms with van der Waals surface area (Å²) in [5, 5.41) is 0.688. The smallest absolute Gasteiger partial charge is 0.261 e. The summed E-state index contributed by atoms with van der Waals surface area (Å²) in [6, 6.07) is 13.0. The van der Waals surface area contributed by atoms with Gasteiger partial charge in [-0.3, -0.25) is 14.5 Å². The van der Waals surface area contributed by atoms with Crippen LogP contribution in [0.4, 0.5) is 5.69 Å². The third-order valence-corrected chi connectivity index (χ3v) is 6.79. The molecule has 5 nitrogen and oxygen atoms in total.